The largest absolute Gasteiger partial charge is 0.348 e. The topological polar surface area (TPSA) is 62.5 Å². The van der Waals surface area contributed by atoms with Gasteiger partial charge in [-0.05, 0) is 67.0 Å². The SMILES string of the molecule is O=C(NC1CCSCC1)c1cnc2ccc(N3CCC[C@@H]3c3cccc(F)c3)nn12. The summed E-state index contributed by atoms with van der Waals surface area (Å²) in [4.78, 5) is 19.4. The maximum Gasteiger partial charge on any atom is 0.271 e. The first-order chi connectivity index (χ1) is 14.7. The third-order valence-corrected chi connectivity index (χ3v) is 6.97. The Morgan fingerprint density at radius 2 is 2.03 bits per heavy atom. The summed E-state index contributed by atoms with van der Waals surface area (Å²) in [5, 5.41) is 7.89. The van der Waals surface area contributed by atoms with Crippen LogP contribution in [0.3, 0.4) is 0 Å². The van der Waals surface area contributed by atoms with E-state index in [0.29, 0.717) is 11.3 Å². The third-order valence-electron chi connectivity index (χ3n) is 5.92. The average molecular weight is 426 g/mol. The molecule has 8 heteroatoms. The molecule has 0 saturated carbocycles. The quantitative estimate of drug-likeness (QED) is 0.688. The predicted molar refractivity (Wildman–Crippen MR) is 117 cm³/mol. The van der Waals surface area contributed by atoms with Gasteiger partial charge in [-0.25, -0.2) is 13.9 Å². The smallest absolute Gasteiger partial charge is 0.271 e. The molecule has 156 valence electrons. The Labute approximate surface area is 178 Å². The minimum Gasteiger partial charge on any atom is -0.348 e. The second kappa shape index (κ2) is 8.26. The van der Waals surface area contributed by atoms with Gasteiger partial charge in [-0.15, -0.1) is 5.10 Å². The van der Waals surface area contributed by atoms with E-state index in [1.165, 1.54) is 6.07 Å². The molecule has 2 aromatic heterocycles. The van der Waals surface area contributed by atoms with Crippen molar-refractivity contribution in [2.24, 2.45) is 0 Å². The number of hydrogen-bond acceptors (Lipinski definition) is 5. The molecule has 1 aromatic carbocycles. The molecule has 1 atom stereocenters. The maximum absolute atomic E-state index is 13.8. The summed E-state index contributed by atoms with van der Waals surface area (Å²) < 4.78 is 15.4. The van der Waals surface area contributed by atoms with Crippen molar-refractivity contribution in [1.29, 1.82) is 0 Å². The van der Waals surface area contributed by atoms with Crippen LogP contribution in [0, 0.1) is 5.82 Å². The lowest BCUT2D eigenvalue weighted by Gasteiger charge is -2.26. The number of nitrogens with one attached hydrogen (secondary N) is 1. The van der Waals surface area contributed by atoms with Crippen molar-refractivity contribution in [1.82, 2.24) is 19.9 Å². The van der Waals surface area contributed by atoms with Crippen LogP contribution in [0.4, 0.5) is 10.2 Å². The number of anilines is 1. The molecule has 0 unspecified atom stereocenters. The highest BCUT2D eigenvalue weighted by Crippen LogP contribution is 2.35. The van der Waals surface area contributed by atoms with Crippen molar-refractivity contribution in [2.75, 3.05) is 23.0 Å². The summed E-state index contributed by atoms with van der Waals surface area (Å²) >= 11 is 1.93. The van der Waals surface area contributed by atoms with Crippen LogP contribution in [0.25, 0.3) is 5.65 Å². The summed E-state index contributed by atoms with van der Waals surface area (Å²) in [6.07, 6.45) is 5.54. The zero-order valence-corrected chi connectivity index (χ0v) is 17.4. The fraction of sp³-hybridized carbons (Fsp3) is 0.409. The van der Waals surface area contributed by atoms with Gasteiger partial charge < -0.3 is 10.2 Å². The Bertz CT molecular complexity index is 1060. The molecule has 4 heterocycles. The molecular weight excluding hydrogens is 401 g/mol. The Kier molecular flexibility index (Phi) is 5.33. The molecule has 2 aliphatic heterocycles. The molecular formula is C22H24FN5OS. The third kappa shape index (κ3) is 3.76. The van der Waals surface area contributed by atoms with Gasteiger partial charge in [0.15, 0.2) is 11.3 Å². The van der Waals surface area contributed by atoms with Crippen LogP contribution in [0.15, 0.2) is 42.6 Å². The fourth-order valence-corrected chi connectivity index (χ4v) is 5.48. The Morgan fingerprint density at radius 1 is 1.17 bits per heavy atom. The monoisotopic (exact) mass is 425 g/mol. The molecule has 0 radical (unpaired) electrons. The number of nitrogens with zero attached hydrogens (tertiary/aromatic N) is 4. The van der Waals surface area contributed by atoms with Crippen LogP contribution in [0.5, 0.6) is 0 Å². The maximum atomic E-state index is 13.8. The van der Waals surface area contributed by atoms with Crippen molar-refractivity contribution in [3.63, 3.8) is 0 Å². The average Bonchev–Trinajstić information content (AvgIpc) is 3.41. The number of rotatable bonds is 4. The first-order valence-corrected chi connectivity index (χ1v) is 11.6. The first-order valence-electron chi connectivity index (χ1n) is 10.4. The number of carbonyl (C=O) groups excluding carboxylic acids is 1. The molecule has 6 nitrogen and oxygen atoms in total. The van der Waals surface area contributed by atoms with E-state index in [1.807, 2.05) is 30.0 Å². The van der Waals surface area contributed by atoms with E-state index in [4.69, 9.17) is 5.10 Å². The highest BCUT2D eigenvalue weighted by molar-refractivity contribution is 7.99. The number of fused-ring (bicyclic) bond motifs is 1. The fourth-order valence-electron chi connectivity index (χ4n) is 4.37. The number of hydrogen-bond donors (Lipinski definition) is 1. The van der Waals surface area contributed by atoms with Crippen molar-refractivity contribution >= 4 is 29.1 Å². The van der Waals surface area contributed by atoms with Crippen LogP contribution in [0.2, 0.25) is 0 Å². The number of thioether (sulfide) groups is 1. The van der Waals surface area contributed by atoms with Crippen LogP contribution in [-0.2, 0) is 0 Å². The summed E-state index contributed by atoms with van der Waals surface area (Å²) in [5.74, 6) is 2.58. The van der Waals surface area contributed by atoms with Gasteiger partial charge in [0.1, 0.15) is 11.6 Å². The first kappa shape index (κ1) is 19.4. The number of aromatic nitrogens is 3. The summed E-state index contributed by atoms with van der Waals surface area (Å²) in [6.45, 7) is 0.843. The van der Waals surface area contributed by atoms with Gasteiger partial charge in [0.05, 0.1) is 12.2 Å². The van der Waals surface area contributed by atoms with Crippen LogP contribution in [-0.4, -0.2) is 44.6 Å². The van der Waals surface area contributed by atoms with Crippen molar-refractivity contribution in [3.05, 3.63) is 59.7 Å². The van der Waals surface area contributed by atoms with E-state index < -0.39 is 0 Å². The standard InChI is InChI=1S/C22H24FN5OS/c23-16-4-1-3-15(13-16)18-5-2-10-27(18)21-7-6-20-24-14-19(28(20)26-21)22(29)25-17-8-11-30-12-9-17/h1,3-4,6-7,13-14,17-18H,2,5,8-12H2,(H,25,29)/t18-/m1/s1. The Hall–Kier alpha value is -2.61. The van der Waals surface area contributed by atoms with Crippen LogP contribution in [0.1, 0.15) is 47.8 Å². The van der Waals surface area contributed by atoms with Gasteiger partial charge in [-0.2, -0.15) is 11.8 Å². The van der Waals surface area contributed by atoms with E-state index in [0.717, 1.165) is 55.1 Å². The number of amides is 1. The van der Waals surface area contributed by atoms with E-state index in [9.17, 15) is 9.18 Å². The molecule has 1 N–H and O–H groups in total. The Balaban J connectivity index is 1.43. The zero-order valence-electron chi connectivity index (χ0n) is 16.6. The molecule has 0 bridgehead atoms. The molecule has 2 aliphatic rings. The van der Waals surface area contributed by atoms with Crippen LogP contribution < -0.4 is 10.2 Å². The molecule has 1 amide bonds. The van der Waals surface area contributed by atoms with E-state index in [2.05, 4.69) is 15.2 Å². The van der Waals surface area contributed by atoms with Crippen molar-refractivity contribution in [3.8, 4) is 0 Å². The minimum absolute atomic E-state index is 0.0752. The van der Waals surface area contributed by atoms with Crippen LogP contribution >= 0.6 is 11.8 Å². The molecule has 2 fully saturated rings. The van der Waals surface area contributed by atoms with Gasteiger partial charge in [0, 0.05) is 12.6 Å². The van der Waals surface area contributed by atoms with E-state index in [1.54, 1.807) is 22.8 Å². The number of halogens is 1. The summed E-state index contributed by atoms with van der Waals surface area (Å²) in [7, 11) is 0. The highest BCUT2D eigenvalue weighted by Gasteiger charge is 2.28. The molecule has 0 spiro atoms. The molecule has 0 aliphatic carbocycles. The lowest BCUT2D eigenvalue weighted by Crippen LogP contribution is -2.38. The minimum atomic E-state index is -0.225. The lowest BCUT2D eigenvalue weighted by molar-refractivity contribution is 0.0927. The summed E-state index contributed by atoms with van der Waals surface area (Å²) in [5.41, 5.74) is 2.05. The number of imidazole rings is 1. The van der Waals surface area contributed by atoms with E-state index >= 15 is 0 Å². The molecule has 2 saturated heterocycles. The second-order valence-corrected chi connectivity index (χ2v) is 9.10. The predicted octanol–water partition coefficient (Wildman–Crippen LogP) is 3.84. The number of benzene rings is 1. The normalized spacial score (nSPS) is 20.0. The number of carbonyl (C=O) groups is 1. The van der Waals surface area contributed by atoms with Gasteiger partial charge in [0.25, 0.3) is 5.91 Å². The van der Waals surface area contributed by atoms with E-state index in [-0.39, 0.29) is 23.8 Å². The molecule has 3 aromatic rings. The van der Waals surface area contributed by atoms with Gasteiger partial charge in [-0.3, -0.25) is 4.79 Å². The Morgan fingerprint density at radius 3 is 2.87 bits per heavy atom. The van der Waals surface area contributed by atoms with Crippen molar-refractivity contribution < 1.29 is 9.18 Å². The summed E-state index contributed by atoms with van der Waals surface area (Å²) in [6, 6.07) is 10.9. The van der Waals surface area contributed by atoms with Crippen molar-refractivity contribution in [2.45, 2.75) is 37.8 Å². The highest BCUT2D eigenvalue weighted by atomic mass is 32.2. The van der Waals surface area contributed by atoms with Gasteiger partial charge in [0.2, 0.25) is 0 Å². The van der Waals surface area contributed by atoms with Gasteiger partial charge >= 0.3 is 0 Å². The second-order valence-electron chi connectivity index (χ2n) is 7.87. The molecule has 5 rings (SSSR count). The lowest BCUT2D eigenvalue weighted by atomic mass is 10.0. The van der Waals surface area contributed by atoms with Gasteiger partial charge in [-0.1, -0.05) is 12.1 Å². The zero-order chi connectivity index (χ0) is 20.5. The molecule has 30 heavy (non-hydrogen) atoms.